The number of aromatic amines is 1. The summed E-state index contributed by atoms with van der Waals surface area (Å²) in [5, 5.41) is 4.22. The van der Waals surface area contributed by atoms with E-state index in [0.717, 1.165) is 54.6 Å². The molecule has 0 amide bonds. The summed E-state index contributed by atoms with van der Waals surface area (Å²) in [5.41, 5.74) is 3.92. The van der Waals surface area contributed by atoms with Gasteiger partial charge in [-0.3, -0.25) is 4.79 Å². The Hall–Kier alpha value is -2.86. The molecule has 6 nitrogen and oxygen atoms in total. The van der Waals surface area contributed by atoms with E-state index in [0.29, 0.717) is 11.7 Å². The first-order valence-corrected chi connectivity index (χ1v) is 10.7. The average molecular weight is 424 g/mol. The molecule has 1 fully saturated rings. The lowest BCUT2D eigenvalue weighted by Crippen LogP contribution is -2.23. The monoisotopic (exact) mass is 423 g/mol. The van der Waals surface area contributed by atoms with E-state index in [2.05, 4.69) is 44.2 Å². The number of anilines is 2. The topological polar surface area (TPSA) is 73.9 Å². The number of H-pyrrole nitrogens is 1. The highest BCUT2D eigenvalue weighted by molar-refractivity contribution is 6.30. The predicted octanol–water partition coefficient (Wildman–Crippen LogP) is 4.29. The third-order valence-corrected chi connectivity index (χ3v) is 5.80. The van der Waals surface area contributed by atoms with E-state index < -0.39 is 0 Å². The summed E-state index contributed by atoms with van der Waals surface area (Å²) in [5.74, 6) is 1.93. The van der Waals surface area contributed by atoms with Gasteiger partial charge in [0.1, 0.15) is 11.6 Å². The van der Waals surface area contributed by atoms with Gasteiger partial charge >= 0.3 is 0 Å². The molecule has 7 heteroatoms. The van der Waals surface area contributed by atoms with E-state index >= 15 is 0 Å². The minimum atomic E-state index is -0.139. The van der Waals surface area contributed by atoms with E-state index in [4.69, 9.17) is 11.6 Å². The van der Waals surface area contributed by atoms with Crippen molar-refractivity contribution in [2.24, 2.45) is 5.92 Å². The van der Waals surface area contributed by atoms with Crippen LogP contribution in [0.25, 0.3) is 11.4 Å². The molecule has 2 N–H and O–H groups in total. The van der Waals surface area contributed by atoms with Crippen molar-refractivity contribution in [3.63, 3.8) is 0 Å². The summed E-state index contributed by atoms with van der Waals surface area (Å²) >= 11 is 6.18. The molecule has 1 aliphatic rings. The average Bonchev–Trinajstić information content (AvgIpc) is 3.22. The number of pyridine rings is 1. The zero-order valence-electron chi connectivity index (χ0n) is 17.3. The highest BCUT2D eigenvalue weighted by Crippen LogP contribution is 2.29. The summed E-state index contributed by atoms with van der Waals surface area (Å²) < 4.78 is 0. The number of aryl methyl sites for hydroxylation is 2. The molecule has 30 heavy (non-hydrogen) atoms. The summed E-state index contributed by atoms with van der Waals surface area (Å²) in [6.45, 7) is 7.01. The molecular formula is C23H26ClN5O. The standard InChI is InChI=1S/C23H26ClN5O/c1-3-19-11-22(30)28-23(27-19)17-5-7-21(26-13-17)25-12-16-8-9-29(14-16)20-10-18(24)6-4-15(20)2/h4-7,10-11,13,16H,3,8-9,12,14H2,1-2H3,(H,25,26)(H,27,28,30). The van der Waals surface area contributed by atoms with Crippen LogP contribution in [0, 0.1) is 12.8 Å². The lowest BCUT2D eigenvalue weighted by atomic mass is 10.1. The van der Waals surface area contributed by atoms with Crippen LogP contribution in [0.5, 0.6) is 0 Å². The van der Waals surface area contributed by atoms with E-state index in [9.17, 15) is 4.79 Å². The van der Waals surface area contributed by atoms with Crippen molar-refractivity contribution < 1.29 is 0 Å². The fourth-order valence-corrected chi connectivity index (χ4v) is 4.02. The first-order valence-electron chi connectivity index (χ1n) is 10.3. The lowest BCUT2D eigenvalue weighted by molar-refractivity contribution is 0.621. The highest BCUT2D eigenvalue weighted by Gasteiger charge is 2.23. The number of halogens is 1. The molecule has 1 saturated heterocycles. The van der Waals surface area contributed by atoms with Crippen molar-refractivity contribution in [3.8, 4) is 11.4 Å². The van der Waals surface area contributed by atoms with Crippen molar-refractivity contribution in [3.05, 3.63) is 69.2 Å². The second kappa shape index (κ2) is 8.88. The number of nitrogens with one attached hydrogen (secondary N) is 2. The maximum atomic E-state index is 11.8. The van der Waals surface area contributed by atoms with E-state index in [1.807, 2.05) is 25.1 Å². The van der Waals surface area contributed by atoms with Crippen molar-refractivity contribution in [1.82, 2.24) is 15.0 Å². The minimum Gasteiger partial charge on any atom is -0.371 e. The maximum Gasteiger partial charge on any atom is 0.251 e. The third kappa shape index (κ3) is 4.65. The molecule has 1 aromatic carbocycles. The van der Waals surface area contributed by atoms with Crippen molar-refractivity contribution in [2.75, 3.05) is 29.9 Å². The Morgan fingerprint density at radius 3 is 2.90 bits per heavy atom. The van der Waals surface area contributed by atoms with Crippen molar-refractivity contribution in [2.45, 2.75) is 26.7 Å². The molecule has 2 aromatic heterocycles. The molecule has 1 aliphatic heterocycles. The normalized spacial score (nSPS) is 16.1. The molecule has 3 heterocycles. The van der Waals surface area contributed by atoms with Gasteiger partial charge in [0.05, 0.1) is 0 Å². The Labute approximate surface area is 181 Å². The Kier molecular flexibility index (Phi) is 6.04. The number of benzene rings is 1. The van der Waals surface area contributed by atoms with E-state index in [1.54, 1.807) is 6.20 Å². The van der Waals surface area contributed by atoms with E-state index in [1.165, 1.54) is 17.3 Å². The van der Waals surface area contributed by atoms with Gasteiger partial charge in [0.2, 0.25) is 0 Å². The van der Waals surface area contributed by atoms with Crippen LogP contribution in [0.15, 0.2) is 47.4 Å². The minimum absolute atomic E-state index is 0.139. The van der Waals surface area contributed by atoms with Crippen LogP contribution in [-0.2, 0) is 6.42 Å². The van der Waals surface area contributed by atoms with E-state index in [-0.39, 0.29) is 5.56 Å². The van der Waals surface area contributed by atoms with Gasteiger partial charge in [-0.2, -0.15) is 0 Å². The Morgan fingerprint density at radius 1 is 1.27 bits per heavy atom. The molecule has 3 aromatic rings. The fraction of sp³-hybridized carbons (Fsp3) is 0.348. The molecule has 0 bridgehead atoms. The number of hydrogen-bond donors (Lipinski definition) is 2. The van der Waals surface area contributed by atoms with Gasteiger partial charge < -0.3 is 15.2 Å². The quantitative estimate of drug-likeness (QED) is 0.618. The second-order valence-corrected chi connectivity index (χ2v) is 8.22. The van der Waals surface area contributed by atoms with Crippen LogP contribution in [-0.4, -0.2) is 34.6 Å². The summed E-state index contributed by atoms with van der Waals surface area (Å²) in [6.07, 6.45) is 3.60. The summed E-state index contributed by atoms with van der Waals surface area (Å²) in [6, 6.07) is 11.5. The molecular weight excluding hydrogens is 398 g/mol. The first kappa shape index (κ1) is 20.4. The van der Waals surface area contributed by atoms with Crippen molar-refractivity contribution >= 4 is 23.1 Å². The zero-order valence-corrected chi connectivity index (χ0v) is 18.0. The predicted molar refractivity (Wildman–Crippen MR) is 122 cm³/mol. The number of rotatable bonds is 6. The van der Waals surface area contributed by atoms with Gasteiger partial charge in [-0.15, -0.1) is 0 Å². The molecule has 0 spiro atoms. The maximum absolute atomic E-state index is 11.8. The SMILES string of the molecule is CCc1cc(=O)[nH]c(-c2ccc(NCC3CCN(c4cc(Cl)ccc4C)C3)nc2)n1. The number of aromatic nitrogens is 3. The van der Waals surface area contributed by atoms with Crippen LogP contribution in [0.1, 0.15) is 24.6 Å². The zero-order chi connectivity index (χ0) is 21.1. The summed E-state index contributed by atoms with van der Waals surface area (Å²) in [4.78, 5) is 26.0. The first-order chi connectivity index (χ1) is 14.5. The van der Waals surface area contributed by atoms with Crippen LogP contribution >= 0.6 is 11.6 Å². The smallest absolute Gasteiger partial charge is 0.251 e. The number of nitrogens with zero attached hydrogens (tertiary/aromatic N) is 3. The van der Waals surface area contributed by atoms with Crippen LogP contribution in [0.4, 0.5) is 11.5 Å². The van der Waals surface area contributed by atoms with Crippen LogP contribution < -0.4 is 15.8 Å². The van der Waals surface area contributed by atoms with Gasteiger partial charge in [-0.25, -0.2) is 9.97 Å². The Morgan fingerprint density at radius 2 is 2.13 bits per heavy atom. The third-order valence-electron chi connectivity index (χ3n) is 5.56. The summed E-state index contributed by atoms with van der Waals surface area (Å²) in [7, 11) is 0. The second-order valence-electron chi connectivity index (χ2n) is 7.78. The van der Waals surface area contributed by atoms with Gasteiger partial charge in [0.25, 0.3) is 5.56 Å². The molecule has 156 valence electrons. The molecule has 0 radical (unpaired) electrons. The van der Waals surface area contributed by atoms with Gasteiger partial charge in [-0.05, 0) is 55.5 Å². The lowest BCUT2D eigenvalue weighted by Gasteiger charge is -2.21. The highest BCUT2D eigenvalue weighted by atomic mass is 35.5. The van der Waals surface area contributed by atoms with Gasteiger partial charge in [0, 0.05) is 53.9 Å². The number of hydrogen-bond acceptors (Lipinski definition) is 5. The fourth-order valence-electron chi connectivity index (χ4n) is 3.85. The Balaban J connectivity index is 1.36. The van der Waals surface area contributed by atoms with Crippen LogP contribution in [0.2, 0.25) is 5.02 Å². The van der Waals surface area contributed by atoms with Crippen LogP contribution in [0.3, 0.4) is 0 Å². The molecule has 0 aliphatic carbocycles. The van der Waals surface area contributed by atoms with Crippen molar-refractivity contribution in [1.29, 1.82) is 0 Å². The molecule has 0 saturated carbocycles. The largest absolute Gasteiger partial charge is 0.371 e. The molecule has 1 unspecified atom stereocenters. The molecule has 1 atom stereocenters. The molecule has 4 rings (SSSR count). The van der Waals surface area contributed by atoms with Gasteiger partial charge in [0.15, 0.2) is 0 Å². The Bertz CT molecular complexity index is 1080. The van der Waals surface area contributed by atoms with Gasteiger partial charge in [-0.1, -0.05) is 24.6 Å².